The van der Waals surface area contributed by atoms with Gasteiger partial charge in [-0.05, 0) is 63.9 Å². The van der Waals surface area contributed by atoms with Crippen LogP contribution in [-0.4, -0.2) is 47.3 Å². The Morgan fingerprint density at radius 1 is 1.05 bits per heavy atom. The van der Waals surface area contributed by atoms with Gasteiger partial charge in [0.25, 0.3) is 5.91 Å². The van der Waals surface area contributed by atoms with E-state index in [-0.39, 0.29) is 47.8 Å². The largest absolute Gasteiger partial charge is 0.442 e. The summed E-state index contributed by atoms with van der Waals surface area (Å²) in [5.41, 5.74) is -2.57. The van der Waals surface area contributed by atoms with E-state index in [2.05, 4.69) is 9.68 Å². The quantitative estimate of drug-likeness (QED) is 0.350. The smallest absolute Gasteiger partial charge is 0.442 e. The number of alkyl halides is 6. The molecule has 15 heteroatoms. The van der Waals surface area contributed by atoms with Gasteiger partial charge in [0.15, 0.2) is 0 Å². The van der Waals surface area contributed by atoms with Crippen LogP contribution < -0.4 is 10.2 Å². The fourth-order valence-electron chi connectivity index (χ4n) is 4.15. The first-order chi connectivity index (χ1) is 18.7. The highest BCUT2D eigenvalue weighted by Gasteiger charge is 2.42. The number of carbonyl (C=O) groups is 2. The Hall–Kier alpha value is -3.00. The highest BCUT2D eigenvalue weighted by atomic mass is 35.5. The van der Waals surface area contributed by atoms with Crippen LogP contribution in [0.1, 0.15) is 49.5 Å². The van der Waals surface area contributed by atoms with Crippen LogP contribution in [0.3, 0.4) is 0 Å². The number of hydrogen-bond acceptors (Lipinski definition) is 5. The van der Waals surface area contributed by atoms with Crippen molar-refractivity contribution in [2.75, 3.05) is 29.6 Å². The number of nitrogens with one attached hydrogen (secondary N) is 1. The van der Waals surface area contributed by atoms with Gasteiger partial charge in [-0.3, -0.25) is 4.79 Å². The van der Waals surface area contributed by atoms with Crippen LogP contribution in [0.5, 0.6) is 0 Å². The zero-order valence-electron chi connectivity index (χ0n) is 22.5. The van der Waals surface area contributed by atoms with Crippen LogP contribution in [0.2, 0.25) is 5.02 Å². The molecule has 1 fully saturated rings. The molecule has 2 aromatic rings. The number of benzene rings is 2. The number of halogens is 7. The average Bonchev–Trinajstić information content (AvgIpc) is 2.81. The molecule has 1 saturated heterocycles. The van der Waals surface area contributed by atoms with E-state index in [4.69, 9.17) is 16.3 Å². The Kier molecular flexibility index (Phi) is 9.28. The molecule has 1 atom stereocenters. The average molecular weight is 628 g/mol. The third-order valence-corrected chi connectivity index (χ3v) is 8.04. The molecule has 0 spiro atoms. The molecule has 0 aromatic heterocycles. The predicted molar refractivity (Wildman–Crippen MR) is 143 cm³/mol. The lowest BCUT2D eigenvalue weighted by atomic mass is 9.95. The second-order valence-electron chi connectivity index (χ2n) is 10.5. The second kappa shape index (κ2) is 11.7. The van der Waals surface area contributed by atoms with E-state index in [1.807, 2.05) is 0 Å². The van der Waals surface area contributed by atoms with Crippen molar-refractivity contribution in [2.45, 2.75) is 56.5 Å². The zero-order chi connectivity index (χ0) is 31.0. The zero-order valence-corrected chi connectivity index (χ0v) is 24.0. The van der Waals surface area contributed by atoms with Gasteiger partial charge in [0.05, 0.1) is 37.5 Å². The van der Waals surface area contributed by atoms with E-state index >= 15 is 0 Å². The van der Waals surface area contributed by atoms with Crippen LogP contribution in [0.25, 0.3) is 0 Å². The SMILES string of the molecule is CC(C)(C)OC(=O)N=[S@@](C)(=O)c1cccc(NC(=O)c2cc(Cl)c(C(F)(F)F)cc2N2CCC(C(F)(F)F)CC2)c1. The van der Waals surface area contributed by atoms with Gasteiger partial charge in [0.1, 0.15) is 5.60 Å². The van der Waals surface area contributed by atoms with E-state index in [9.17, 15) is 40.1 Å². The van der Waals surface area contributed by atoms with Crippen molar-refractivity contribution in [3.63, 3.8) is 0 Å². The Morgan fingerprint density at radius 3 is 2.20 bits per heavy atom. The molecule has 2 amide bonds. The lowest BCUT2D eigenvalue weighted by Crippen LogP contribution is -2.40. The van der Waals surface area contributed by atoms with Crippen molar-refractivity contribution in [1.29, 1.82) is 0 Å². The molecule has 2 aromatic carbocycles. The van der Waals surface area contributed by atoms with Crippen molar-refractivity contribution < 1.29 is 44.9 Å². The van der Waals surface area contributed by atoms with E-state index in [1.165, 1.54) is 35.4 Å². The summed E-state index contributed by atoms with van der Waals surface area (Å²) >= 11 is 5.87. The first-order valence-corrected chi connectivity index (χ1v) is 14.6. The molecule has 0 bridgehead atoms. The highest BCUT2D eigenvalue weighted by Crippen LogP contribution is 2.41. The molecule has 3 rings (SSSR count). The lowest BCUT2D eigenvalue weighted by molar-refractivity contribution is -0.179. The Bertz CT molecular complexity index is 1440. The summed E-state index contributed by atoms with van der Waals surface area (Å²) in [7, 11) is -3.32. The van der Waals surface area contributed by atoms with Gasteiger partial charge in [-0.2, -0.15) is 26.3 Å². The molecule has 0 unspecified atom stereocenters. The van der Waals surface area contributed by atoms with Gasteiger partial charge in [-0.25, -0.2) is 9.00 Å². The summed E-state index contributed by atoms with van der Waals surface area (Å²) in [5, 5.41) is 1.73. The fourth-order valence-corrected chi connectivity index (χ4v) is 5.53. The first-order valence-electron chi connectivity index (χ1n) is 12.3. The number of carbonyl (C=O) groups excluding carboxylic acids is 2. The molecule has 1 heterocycles. The molecule has 0 saturated carbocycles. The minimum absolute atomic E-state index is 0.0565. The number of nitrogens with zero attached hydrogens (tertiary/aromatic N) is 2. The summed E-state index contributed by atoms with van der Waals surface area (Å²) < 4.78 is 102. The van der Waals surface area contributed by atoms with Gasteiger partial charge in [0, 0.05) is 29.9 Å². The van der Waals surface area contributed by atoms with Crippen LogP contribution in [0.4, 0.5) is 42.5 Å². The number of hydrogen-bond donors (Lipinski definition) is 1. The summed E-state index contributed by atoms with van der Waals surface area (Å²) in [6, 6.07) is 6.97. The Labute approximate surface area is 238 Å². The standard InChI is InChI=1S/C26H28ClF6N3O4S/c1-24(2,3)40-23(38)35-41(4,39)17-7-5-6-16(12-17)34-22(37)18-13-20(27)19(26(31,32)33)14-21(18)36-10-8-15(9-11-36)25(28,29)30/h5-7,12-15H,8-11H2,1-4H3,(H,34,37)/t41-/m0/s1. The molecule has 1 N–H and O–H groups in total. The Morgan fingerprint density at radius 2 is 1.66 bits per heavy atom. The number of ether oxygens (including phenoxy) is 1. The van der Waals surface area contributed by atoms with Crippen LogP contribution in [-0.2, 0) is 20.6 Å². The molecule has 1 aliphatic rings. The highest BCUT2D eigenvalue weighted by molar-refractivity contribution is 7.93. The van der Waals surface area contributed by atoms with Crippen molar-refractivity contribution in [2.24, 2.45) is 10.3 Å². The van der Waals surface area contributed by atoms with E-state index in [0.717, 1.165) is 6.07 Å². The normalized spacial score (nSPS) is 16.6. The molecule has 0 aliphatic carbocycles. The van der Waals surface area contributed by atoms with E-state index in [1.54, 1.807) is 20.8 Å². The third kappa shape index (κ3) is 8.51. The Balaban J connectivity index is 1.95. The molecule has 7 nitrogen and oxygen atoms in total. The minimum atomic E-state index is -4.88. The number of anilines is 2. The van der Waals surface area contributed by atoms with Crippen molar-refractivity contribution in [3.8, 4) is 0 Å². The summed E-state index contributed by atoms with van der Waals surface area (Å²) in [5.74, 6) is -2.51. The molecular formula is C26H28ClF6N3O4S. The van der Waals surface area contributed by atoms with E-state index < -0.39 is 56.2 Å². The van der Waals surface area contributed by atoms with Gasteiger partial charge >= 0.3 is 18.4 Å². The van der Waals surface area contributed by atoms with Crippen molar-refractivity contribution >= 4 is 44.7 Å². The maximum atomic E-state index is 13.6. The van der Waals surface area contributed by atoms with Gasteiger partial charge in [-0.1, -0.05) is 17.7 Å². The molecule has 1 aliphatic heterocycles. The van der Waals surface area contributed by atoms with Crippen LogP contribution in [0.15, 0.2) is 45.7 Å². The topological polar surface area (TPSA) is 88.1 Å². The van der Waals surface area contributed by atoms with Gasteiger partial charge in [-0.15, -0.1) is 4.36 Å². The number of piperidine rings is 1. The van der Waals surface area contributed by atoms with Crippen molar-refractivity contribution in [3.05, 3.63) is 52.5 Å². The lowest BCUT2D eigenvalue weighted by Gasteiger charge is -2.35. The summed E-state index contributed by atoms with van der Waals surface area (Å²) in [6.07, 6.45) is -9.90. The maximum Gasteiger partial charge on any atom is 0.442 e. The van der Waals surface area contributed by atoms with Gasteiger partial charge < -0.3 is 15.0 Å². The van der Waals surface area contributed by atoms with E-state index in [0.29, 0.717) is 6.07 Å². The maximum absolute atomic E-state index is 13.6. The molecule has 41 heavy (non-hydrogen) atoms. The van der Waals surface area contributed by atoms with Crippen LogP contribution in [0, 0.1) is 5.92 Å². The van der Waals surface area contributed by atoms with Crippen LogP contribution >= 0.6 is 11.6 Å². The number of amides is 2. The first kappa shape index (κ1) is 32.5. The number of rotatable bonds is 4. The monoisotopic (exact) mass is 627 g/mol. The second-order valence-corrected chi connectivity index (χ2v) is 13.2. The third-order valence-electron chi connectivity index (χ3n) is 6.11. The minimum Gasteiger partial charge on any atom is -0.442 e. The predicted octanol–water partition coefficient (Wildman–Crippen LogP) is 7.78. The molecule has 226 valence electrons. The molecular weight excluding hydrogens is 600 g/mol. The fraction of sp³-hybridized carbons (Fsp3) is 0.462. The van der Waals surface area contributed by atoms with Crippen molar-refractivity contribution in [1.82, 2.24) is 0 Å². The molecule has 0 radical (unpaired) electrons. The summed E-state index contributed by atoms with van der Waals surface area (Å²) in [4.78, 5) is 26.7. The summed E-state index contributed by atoms with van der Waals surface area (Å²) in [6.45, 7) is 4.35. The van der Waals surface area contributed by atoms with Gasteiger partial charge in [0.2, 0.25) is 0 Å².